The zero-order valence-electron chi connectivity index (χ0n) is 12.3. The van der Waals surface area contributed by atoms with E-state index in [0.29, 0.717) is 16.6 Å². The van der Waals surface area contributed by atoms with E-state index in [2.05, 4.69) is 22.5 Å². The first-order chi connectivity index (χ1) is 10.1. The molecule has 0 radical (unpaired) electrons. The van der Waals surface area contributed by atoms with Crippen molar-refractivity contribution in [3.63, 3.8) is 0 Å². The Bertz CT molecular complexity index is 624. The number of benzene rings is 1. The minimum Gasteiger partial charge on any atom is -0.382 e. The quantitative estimate of drug-likeness (QED) is 0.766. The normalized spacial score (nSPS) is 10.4. The number of thiazole rings is 1. The van der Waals surface area contributed by atoms with Gasteiger partial charge in [0, 0.05) is 13.1 Å². The van der Waals surface area contributed by atoms with Crippen LogP contribution < -0.4 is 16.4 Å². The van der Waals surface area contributed by atoms with Gasteiger partial charge in [-0.3, -0.25) is 4.79 Å². The van der Waals surface area contributed by atoms with Gasteiger partial charge in [-0.15, -0.1) is 0 Å². The summed E-state index contributed by atoms with van der Waals surface area (Å²) in [5.41, 5.74) is 8.06. The lowest BCUT2D eigenvalue weighted by atomic mass is 10.1. The molecule has 1 aromatic heterocycles. The smallest absolute Gasteiger partial charge is 0.265 e. The number of nitrogens with two attached hydrogens (primary N) is 1. The van der Waals surface area contributed by atoms with Crippen molar-refractivity contribution in [2.75, 3.05) is 17.6 Å². The van der Waals surface area contributed by atoms with Gasteiger partial charge < -0.3 is 16.4 Å². The average Bonchev–Trinajstić information content (AvgIpc) is 2.85. The van der Waals surface area contributed by atoms with Gasteiger partial charge in [0.25, 0.3) is 5.91 Å². The lowest BCUT2D eigenvalue weighted by Gasteiger charge is -2.06. The standard InChI is InChI=1S/C15H20N4OS/c1-3-8-17-15-19-13(16)12(21-15)14(20)18-9-11-7-5-4-6-10(11)2/h4-7H,3,8-9,16H2,1-2H3,(H,17,19)(H,18,20). The van der Waals surface area contributed by atoms with Gasteiger partial charge >= 0.3 is 0 Å². The van der Waals surface area contributed by atoms with E-state index in [1.807, 2.05) is 31.2 Å². The van der Waals surface area contributed by atoms with E-state index in [1.165, 1.54) is 11.3 Å². The van der Waals surface area contributed by atoms with Gasteiger partial charge in [-0.1, -0.05) is 42.5 Å². The fraction of sp³-hybridized carbons (Fsp3) is 0.333. The number of carbonyl (C=O) groups is 1. The number of anilines is 2. The first kappa shape index (κ1) is 15.3. The number of nitrogen functional groups attached to an aromatic ring is 1. The third-order valence-electron chi connectivity index (χ3n) is 3.09. The molecule has 112 valence electrons. The molecule has 0 spiro atoms. The molecule has 1 aromatic carbocycles. The number of hydrogen-bond donors (Lipinski definition) is 3. The molecule has 0 aliphatic carbocycles. The molecule has 5 nitrogen and oxygen atoms in total. The van der Waals surface area contributed by atoms with E-state index in [1.54, 1.807) is 0 Å². The number of rotatable bonds is 6. The number of amides is 1. The monoisotopic (exact) mass is 304 g/mol. The summed E-state index contributed by atoms with van der Waals surface area (Å²) in [5.74, 6) is 0.0960. The fourth-order valence-corrected chi connectivity index (χ4v) is 2.69. The molecule has 6 heteroatoms. The highest BCUT2D eigenvalue weighted by molar-refractivity contribution is 7.18. The van der Waals surface area contributed by atoms with E-state index in [-0.39, 0.29) is 11.7 Å². The molecule has 4 N–H and O–H groups in total. The summed E-state index contributed by atoms with van der Waals surface area (Å²) in [6.07, 6.45) is 0.994. The van der Waals surface area contributed by atoms with Gasteiger partial charge in [0.2, 0.25) is 0 Å². The van der Waals surface area contributed by atoms with Crippen molar-refractivity contribution in [3.05, 3.63) is 40.3 Å². The van der Waals surface area contributed by atoms with Gasteiger partial charge in [0.1, 0.15) is 10.7 Å². The Morgan fingerprint density at radius 1 is 1.38 bits per heavy atom. The first-order valence-electron chi connectivity index (χ1n) is 6.94. The third-order valence-corrected chi connectivity index (χ3v) is 4.11. The van der Waals surface area contributed by atoms with Crippen molar-refractivity contribution >= 4 is 28.2 Å². The highest BCUT2D eigenvalue weighted by atomic mass is 32.1. The average molecular weight is 304 g/mol. The van der Waals surface area contributed by atoms with Crippen molar-refractivity contribution in [3.8, 4) is 0 Å². The second-order valence-corrected chi connectivity index (χ2v) is 5.77. The van der Waals surface area contributed by atoms with Crippen molar-refractivity contribution < 1.29 is 4.79 Å². The van der Waals surface area contributed by atoms with E-state index >= 15 is 0 Å². The van der Waals surface area contributed by atoms with Gasteiger partial charge in [0.15, 0.2) is 5.13 Å². The summed E-state index contributed by atoms with van der Waals surface area (Å²) in [6.45, 7) is 5.40. The van der Waals surface area contributed by atoms with Crippen molar-refractivity contribution in [1.29, 1.82) is 0 Å². The zero-order valence-corrected chi connectivity index (χ0v) is 13.1. The number of aromatic nitrogens is 1. The van der Waals surface area contributed by atoms with Gasteiger partial charge in [-0.05, 0) is 24.5 Å². The summed E-state index contributed by atoms with van der Waals surface area (Å²) in [6, 6.07) is 7.96. The SMILES string of the molecule is CCCNc1nc(N)c(C(=O)NCc2ccccc2C)s1. The van der Waals surface area contributed by atoms with Crippen LogP contribution in [0.5, 0.6) is 0 Å². The predicted molar refractivity (Wildman–Crippen MR) is 87.7 cm³/mol. The largest absolute Gasteiger partial charge is 0.382 e. The van der Waals surface area contributed by atoms with Crippen LogP contribution >= 0.6 is 11.3 Å². The van der Waals surface area contributed by atoms with E-state index in [0.717, 1.165) is 24.1 Å². The molecule has 0 fully saturated rings. The summed E-state index contributed by atoms with van der Waals surface area (Å²) < 4.78 is 0. The van der Waals surface area contributed by atoms with Gasteiger partial charge in [-0.2, -0.15) is 0 Å². The number of aryl methyl sites for hydroxylation is 1. The second kappa shape index (κ2) is 7.08. The van der Waals surface area contributed by atoms with Crippen molar-refractivity contribution in [2.45, 2.75) is 26.8 Å². The Hall–Kier alpha value is -2.08. The summed E-state index contributed by atoms with van der Waals surface area (Å²) >= 11 is 1.29. The maximum Gasteiger partial charge on any atom is 0.265 e. The van der Waals surface area contributed by atoms with Crippen LogP contribution in [0, 0.1) is 6.92 Å². The molecule has 0 unspecified atom stereocenters. The summed E-state index contributed by atoms with van der Waals surface area (Å²) in [5, 5.41) is 6.72. The zero-order chi connectivity index (χ0) is 15.2. The lowest BCUT2D eigenvalue weighted by Crippen LogP contribution is -2.23. The third kappa shape index (κ3) is 3.95. The highest BCUT2D eigenvalue weighted by Crippen LogP contribution is 2.24. The van der Waals surface area contributed by atoms with Crippen LogP contribution in [0.3, 0.4) is 0 Å². The molecular weight excluding hydrogens is 284 g/mol. The Morgan fingerprint density at radius 2 is 2.14 bits per heavy atom. The van der Waals surface area contributed by atoms with E-state index in [9.17, 15) is 4.79 Å². The maximum absolute atomic E-state index is 12.2. The van der Waals surface area contributed by atoms with Crippen molar-refractivity contribution in [2.24, 2.45) is 0 Å². The van der Waals surface area contributed by atoms with E-state index < -0.39 is 0 Å². The molecule has 0 bridgehead atoms. The molecule has 2 rings (SSSR count). The van der Waals surface area contributed by atoms with Crippen LogP contribution in [0.2, 0.25) is 0 Å². The van der Waals surface area contributed by atoms with Crippen LogP contribution in [0.15, 0.2) is 24.3 Å². The summed E-state index contributed by atoms with van der Waals surface area (Å²) in [4.78, 5) is 16.8. The number of hydrogen-bond acceptors (Lipinski definition) is 5. The van der Waals surface area contributed by atoms with Gasteiger partial charge in [0.05, 0.1) is 0 Å². The predicted octanol–water partition coefficient (Wildman–Crippen LogP) is 2.79. The van der Waals surface area contributed by atoms with Crippen LogP contribution in [0.4, 0.5) is 10.9 Å². The Morgan fingerprint density at radius 3 is 2.86 bits per heavy atom. The summed E-state index contributed by atoms with van der Waals surface area (Å²) in [7, 11) is 0. The molecule has 0 aliphatic heterocycles. The van der Waals surface area contributed by atoms with Gasteiger partial charge in [-0.25, -0.2) is 4.98 Å². The molecule has 0 aliphatic rings. The molecule has 21 heavy (non-hydrogen) atoms. The molecule has 0 saturated heterocycles. The number of nitrogens with one attached hydrogen (secondary N) is 2. The number of nitrogens with zero attached hydrogens (tertiary/aromatic N) is 1. The lowest BCUT2D eigenvalue weighted by molar-refractivity contribution is 0.0955. The number of carbonyl (C=O) groups excluding carboxylic acids is 1. The minimum atomic E-state index is -0.183. The Balaban J connectivity index is 2.00. The topological polar surface area (TPSA) is 80.0 Å². The Kier molecular flexibility index (Phi) is 5.16. The molecule has 2 aromatic rings. The van der Waals surface area contributed by atoms with Crippen LogP contribution in [0.25, 0.3) is 0 Å². The van der Waals surface area contributed by atoms with Crippen LogP contribution in [-0.4, -0.2) is 17.4 Å². The van der Waals surface area contributed by atoms with Crippen LogP contribution in [0.1, 0.15) is 34.1 Å². The maximum atomic E-state index is 12.2. The Labute approximate surface area is 128 Å². The van der Waals surface area contributed by atoms with E-state index in [4.69, 9.17) is 5.73 Å². The molecule has 0 saturated carbocycles. The molecular formula is C15H20N4OS. The second-order valence-electron chi connectivity index (χ2n) is 4.77. The molecule has 1 amide bonds. The first-order valence-corrected chi connectivity index (χ1v) is 7.76. The fourth-order valence-electron chi connectivity index (χ4n) is 1.87. The minimum absolute atomic E-state index is 0.183. The molecule has 1 heterocycles. The molecule has 0 atom stereocenters. The highest BCUT2D eigenvalue weighted by Gasteiger charge is 2.15. The van der Waals surface area contributed by atoms with Crippen LogP contribution in [-0.2, 0) is 6.54 Å². The van der Waals surface area contributed by atoms with Crippen molar-refractivity contribution in [1.82, 2.24) is 10.3 Å².